The molecule has 94 valence electrons. The lowest BCUT2D eigenvalue weighted by Crippen LogP contribution is -2.02. The van der Waals surface area contributed by atoms with Gasteiger partial charge in [-0.3, -0.25) is 0 Å². The fourth-order valence-electron chi connectivity index (χ4n) is 1.62. The summed E-state index contributed by atoms with van der Waals surface area (Å²) in [6.07, 6.45) is 2.02. The number of anilines is 1. The molecule has 0 atom stereocenters. The van der Waals surface area contributed by atoms with Crippen LogP contribution in [0.1, 0.15) is 5.56 Å². The Morgan fingerprint density at radius 3 is 2.72 bits per heavy atom. The molecule has 0 fully saturated rings. The predicted octanol–water partition coefficient (Wildman–Crippen LogP) is 4.81. The van der Waals surface area contributed by atoms with Gasteiger partial charge in [-0.1, -0.05) is 23.7 Å². The van der Waals surface area contributed by atoms with Gasteiger partial charge in [0.05, 0.1) is 0 Å². The van der Waals surface area contributed by atoms with Crippen LogP contribution in [0.2, 0.25) is 5.02 Å². The Bertz CT molecular complexity index is 525. The molecule has 0 radical (unpaired) electrons. The van der Waals surface area contributed by atoms with Gasteiger partial charge in [-0.2, -0.15) is 0 Å². The van der Waals surface area contributed by atoms with Crippen molar-refractivity contribution in [2.24, 2.45) is 0 Å². The molecular weight excluding hydrogens is 269 g/mol. The summed E-state index contributed by atoms with van der Waals surface area (Å²) in [6.45, 7) is 0.378. The molecule has 0 aliphatic rings. The van der Waals surface area contributed by atoms with Gasteiger partial charge in [0.15, 0.2) is 0 Å². The van der Waals surface area contributed by atoms with E-state index in [2.05, 4.69) is 5.32 Å². The van der Waals surface area contributed by atoms with Crippen LogP contribution in [0, 0.1) is 5.82 Å². The number of benzene rings is 2. The molecule has 2 aromatic rings. The van der Waals surface area contributed by atoms with E-state index in [1.54, 1.807) is 23.9 Å². The smallest absolute Gasteiger partial charge is 0.129 e. The molecule has 0 saturated carbocycles. The van der Waals surface area contributed by atoms with Gasteiger partial charge in [-0.15, -0.1) is 11.8 Å². The summed E-state index contributed by atoms with van der Waals surface area (Å²) >= 11 is 7.64. The first-order valence-corrected chi connectivity index (χ1v) is 7.12. The van der Waals surface area contributed by atoms with E-state index in [0.717, 1.165) is 5.69 Å². The van der Waals surface area contributed by atoms with Crippen LogP contribution in [0.5, 0.6) is 0 Å². The topological polar surface area (TPSA) is 12.0 Å². The van der Waals surface area contributed by atoms with Crippen LogP contribution in [0.25, 0.3) is 0 Å². The van der Waals surface area contributed by atoms with Crippen molar-refractivity contribution in [3.63, 3.8) is 0 Å². The Morgan fingerprint density at radius 1 is 1.22 bits per heavy atom. The summed E-state index contributed by atoms with van der Waals surface area (Å²) in [7, 11) is 0. The highest BCUT2D eigenvalue weighted by Gasteiger charge is 2.06. The molecule has 0 aliphatic carbocycles. The zero-order chi connectivity index (χ0) is 13.0. The van der Waals surface area contributed by atoms with Crippen molar-refractivity contribution < 1.29 is 4.39 Å². The van der Waals surface area contributed by atoms with E-state index >= 15 is 0 Å². The fraction of sp³-hybridized carbons (Fsp3) is 0.143. The standard InChI is InChI=1S/C14H13ClFNS/c1-18-11-5-2-4-10(8-11)17-9-12-13(15)6-3-7-14(12)16/h2-8,17H,9H2,1H3. The van der Waals surface area contributed by atoms with Gasteiger partial charge in [0.1, 0.15) is 5.82 Å². The first kappa shape index (κ1) is 13.2. The van der Waals surface area contributed by atoms with Gasteiger partial charge < -0.3 is 5.32 Å². The number of rotatable bonds is 4. The quantitative estimate of drug-likeness (QED) is 0.807. The maximum absolute atomic E-state index is 13.6. The molecule has 1 nitrogen and oxygen atoms in total. The highest BCUT2D eigenvalue weighted by atomic mass is 35.5. The minimum Gasteiger partial charge on any atom is -0.381 e. The van der Waals surface area contributed by atoms with Crippen LogP contribution in [0.15, 0.2) is 47.4 Å². The Hall–Kier alpha value is -1.19. The number of hydrogen-bond acceptors (Lipinski definition) is 2. The normalized spacial score (nSPS) is 10.4. The summed E-state index contributed by atoms with van der Waals surface area (Å²) in [5, 5.41) is 3.63. The monoisotopic (exact) mass is 281 g/mol. The number of halogens is 2. The van der Waals surface area contributed by atoms with Gasteiger partial charge in [0, 0.05) is 27.7 Å². The van der Waals surface area contributed by atoms with Gasteiger partial charge in [0.25, 0.3) is 0 Å². The zero-order valence-electron chi connectivity index (χ0n) is 9.91. The SMILES string of the molecule is CSc1cccc(NCc2c(F)cccc2Cl)c1. The third-order valence-electron chi connectivity index (χ3n) is 2.60. The molecular formula is C14H13ClFNS. The van der Waals surface area contributed by atoms with Crippen LogP contribution in [0.4, 0.5) is 10.1 Å². The summed E-state index contributed by atoms with van der Waals surface area (Å²) in [6, 6.07) is 12.7. The van der Waals surface area contributed by atoms with E-state index in [4.69, 9.17) is 11.6 Å². The van der Waals surface area contributed by atoms with Crippen LogP contribution in [-0.4, -0.2) is 6.26 Å². The zero-order valence-corrected chi connectivity index (χ0v) is 11.5. The molecule has 18 heavy (non-hydrogen) atoms. The van der Waals surface area contributed by atoms with Crippen molar-refractivity contribution in [2.75, 3.05) is 11.6 Å². The van der Waals surface area contributed by atoms with Crippen LogP contribution < -0.4 is 5.32 Å². The molecule has 2 rings (SSSR count). The summed E-state index contributed by atoms with van der Waals surface area (Å²) < 4.78 is 13.6. The van der Waals surface area contributed by atoms with Crippen molar-refractivity contribution in [3.8, 4) is 0 Å². The highest BCUT2D eigenvalue weighted by Crippen LogP contribution is 2.22. The van der Waals surface area contributed by atoms with E-state index in [1.165, 1.54) is 11.0 Å². The lowest BCUT2D eigenvalue weighted by atomic mass is 10.2. The Kier molecular flexibility index (Phi) is 4.50. The average molecular weight is 282 g/mol. The Balaban J connectivity index is 2.11. The molecule has 1 N–H and O–H groups in total. The van der Waals surface area contributed by atoms with E-state index in [0.29, 0.717) is 17.1 Å². The van der Waals surface area contributed by atoms with Gasteiger partial charge in [-0.05, 0) is 36.6 Å². The largest absolute Gasteiger partial charge is 0.381 e. The maximum atomic E-state index is 13.6. The average Bonchev–Trinajstić information content (AvgIpc) is 2.38. The summed E-state index contributed by atoms with van der Waals surface area (Å²) in [5.41, 5.74) is 1.45. The van der Waals surface area contributed by atoms with E-state index in [1.807, 2.05) is 30.5 Å². The van der Waals surface area contributed by atoms with E-state index < -0.39 is 0 Å². The lowest BCUT2D eigenvalue weighted by molar-refractivity contribution is 0.613. The minimum absolute atomic E-state index is 0.281. The number of hydrogen-bond donors (Lipinski definition) is 1. The van der Waals surface area contributed by atoms with Crippen LogP contribution in [0.3, 0.4) is 0 Å². The Labute approximate surface area is 115 Å². The highest BCUT2D eigenvalue weighted by molar-refractivity contribution is 7.98. The Morgan fingerprint density at radius 2 is 2.00 bits per heavy atom. The molecule has 0 bridgehead atoms. The number of nitrogens with one attached hydrogen (secondary N) is 1. The molecule has 0 aromatic heterocycles. The maximum Gasteiger partial charge on any atom is 0.129 e. The fourth-order valence-corrected chi connectivity index (χ4v) is 2.31. The van der Waals surface area contributed by atoms with E-state index in [9.17, 15) is 4.39 Å². The van der Waals surface area contributed by atoms with Gasteiger partial charge in [0.2, 0.25) is 0 Å². The van der Waals surface area contributed by atoms with Crippen molar-refractivity contribution in [3.05, 3.63) is 58.9 Å². The first-order valence-electron chi connectivity index (χ1n) is 5.51. The molecule has 2 aromatic carbocycles. The van der Waals surface area contributed by atoms with Crippen LogP contribution in [-0.2, 0) is 6.54 Å². The molecule has 0 saturated heterocycles. The summed E-state index contributed by atoms with van der Waals surface area (Å²) in [5.74, 6) is -0.281. The van der Waals surface area contributed by atoms with Crippen molar-refractivity contribution in [1.82, 2.24) is 0 Å². The van der Waals surface area contributed by atoms with E-state index in [-0.39, 0.29) is 5.82 Å². The number of thioether (sulfide) groups is 1. The van der Waals surface area contributed by atoms with Crippen molar-refractivity contribution in [1.29, 1.82) is 0 Å². The third kappa shape index (κ3) is 3.18. The second kappa shape index (κ2) is 6.12. The molecule has 0 spiro atoms. The van der Waals surface area contributed by atoms with Crippen molar-refractivity contribution in [2.45, 2.75) is 11.4 Å². The summed E-state index contributed by atoms with van der Waals surface area (Å²) in [4.78, 5) is 1.17. The second-order valence-electron chi connectivity index (χ2n) is 3.79. The van der Waals surface area contributed by atoms with Crippen LogP contribution >= 0.6 is 23.4 Å². The van der Waals surface area contributed by atoms with Crippen molar-refractivity contribution >= 4 is 29.1 Å². The predicted molar refractivity (Wildman–Crippen MR) is 77.0 cm³/mol. The molecule has 0 heterocycles. The third-order valence-corrected chi connectivity index (χ3v) is 3.68. The second-order valence-corrected chi connectivity index (χ2v) is 5.07. The molecule has 0 amide bonds. The minimum atomic E-state index is -0.281. The first-order chi connectivity index (χ1) is 8.70. The molecule has 0 aliphatic heterocycles. The van der Waals surface area contributed by atoms with Gasteiger partial charge >= 0.3 is 0 Å². The molecule has 0 unspecified atom stereocenters. The molecule has 4 heteroatoms. The van der Waals surface area contributed by atoms with Gasteiger partial charge in [-0.25, -0.2) is 4.39 Å². The lowest BCUT2D eigenvalue weighted by Gasteiger charge is -2.09.